The molecule has 3 rings (SSSR count). The third kappa shape index (κ3) is 3.15. The zero-order chi connectivity index (χ0) is 14.8. The molecule has 2 heterocycles. The Morgan fingerprint density at radius 3 is 2.43 bits per heavy atom. The van der Waals surface area contributed by atoms with Crippen LogP contribution in [0.5, 0.6) is 0 Å². The molecular weight excluding hydrogens is 334 g/mol. The molecule has 2 fully saturated rings. The van der Waals surface area contributed by atoms with Gasteiger partial charge in [0.05, 0.1) is 0 Å². The van der Waals surface area contributed by atoms with Gasteiger partial charge in [-0.15, -0.1) is 0 Å². The van der Waals surface area contributed by atoms with Crippen LogP contribution >= 0.6 is 16.3 Å². The number of rotatable bonds is 4. The Bertz CT molecular complexity index is 482. The first-order valence-corrected chi connectivity index (χ1v) is 8.08. The van der Waals surface area contributed by atoms with Crippen LogP contribution in [0.1, 0.15) is 37.4 Å². The van der Waals surface area contributed by atoms with Gasteiger partial charge in [-0.2, -0.15) is 0 Å². The first-order valence-electron chi connectivity index (χ1n) is 7.44. The normalized spacial score (nSPS) is 30.1. The molecule has 2 saturated heterocycles. The molecule has 1 aromatic carbocycles. The summed E-state index contributed by atoms with van der Waals surface area (Å²) in [4.78, 5) is 14.8. The summed E-state index contributed by atoms with van der Waals surface area (Å²) in [6, 6.07) is 10.5. The number of ether oxygens (including phenoxy) is 1. The largest absolute Gasteiger partial charge is 0.460 e. The molecule has 0 amide bonds. The summed E-state index contributed by atoms with van der Waals surface area (Å²) in [6.45, 7) is 0. The van der Waals surface area contributed by atoms with Crippen molar-refractivity contribution >= 4 is 22.2 Å². The van der Waals surface area contributed by atoms with Crippen molar-refractivity contribution in [1.82, 2.24) is 4.90 Å². The van der Waals surface area contributed by atoms with Gasteiger partial charge in [0.1, 0.15) is 22.4 Å². The van der Waals surface area contributed by atoms with Crippen LogP contribution in [0.3, 0.4) is 0 Å². The van der Waals surface area contributed by atoms with Crippen molar-refractivity contribution in [3.05, 3.63) is 35.9 Å². The van der Waals surface area contributed by atoms with E-state index in [9.17, 15) is 4.79 Å². The summed E-state index contributed by atoms with van der Waals surface area (Å²) < 4.78 is 10.9. The standard InChI is InChI=1S/C16H20BrNO3/c1-18-12-7-8-13(18)10-14(9-12)20-16(19)15(21-17)11-5-3-2-4-6-11/h2-6,12-15H,7-10H2,1H3. The molecule has 114 valence electrons. The van der Waals surface area contributed by atoms with Gasteiger partial charge in [0.25, 0.3) is 0 Å². The van der Waals surface area contributed by atoms with E-state index in [1.54, 1.807) is 0 Å². The lowest BCUT2D eigenvalue weighted by Crippen LogP contribution is -2.43. The summed E-state index contributed by atoms with van der Waals surface area (Å²) in [5, 5.41) is 0. The molecule has 2 aliphatic rings. The van der Waals surface area contributed by atoms with E-state index in [4.69, 9.17) is 8.57 Å². The van der Waals surface area contributed by atoms with Crippen LogP contribution in [-0.4, -0.2) is 36.1 Å². The van der Waals surface area contributed by atoms with Crippen LogP contribution < -0.4 is 0 Å². The fourth-order valence-electron chi connectivity index (χ4n) is 3.54. The van der Waals surface area contributed by atoms with E-state index in [1.807, 2.05) is 30.3 Å². The second kappa shape index (κ2) is 6.46. The number of hydrogen-bond donors (Lipinski definition) is 0. The highest BCUT2D eigenvalue weighted by Gasteiger charge is 2.40. The predicted molar refractivity (Wildman–Crippen MR) is 82.9 cm³/mol. The van der Waals surface area contributed by atoms with Crippen molar-refractivity contribution in [2.45, 2.75) is 50.0 Å². The Morgan fingerprint density at radius 1 is 1.24 bits per heavy atom. The van der Waals surface area contributed by atoms with E-state index in [2.05, 4.69) is 28.2 Å². The highest BCUT2D eigenvalue weighted by Crippen LogP contribution is 2.36. The quantitative estimate of drug-likeness (QED) is 0.779. The van der Waals surface area contributed by atoms with Gasteiger partial charge < -0.3 is 9.64 Å². The first kappa shape index (κ1) is 15.0. The van der Waals surface area contributed by atoms with E-state index in [0.717, 1.165) is 18.4 Å². The SMILES string of the molecule is CN1C2CCC1CC(OC(=O)C(OBr)c1ccccc1)C2. The van der Waals surface area contributed by atoms with Crippen molar-refractivity contribution in [2.75, 3.05) is 7.05 Å². The molecule has 1 aromatic rings. The molecular formula is C16H20BrNO3. The monoisotopic (exact) mass is 353 g/mol. The molecule has 0 aliphatic carbocycles. The summed E-state index contributed by atoms with van der Waals surface area (Å²) in [5.41, 5.74) is 0.801. The van der Waals surface area contributed by atoms with E-state index in [0.29, 0.717) is 12.1 Å². The Hall–Kier alpha value is -0.910. The molecule has 0 N–H and O–H groups in total. The zero-order valence-corrected chi connectivity index (χ0v) is 13.7. The topological polar surface area (TPSA) is 38.8 Å². The van der Waals surface area contributed by atoms with Gasteiger partial charge >= 0.3 is 5.97 Å². The fraction of sp³-hybridized carbons (Fsp3) is 0.562. The molecule has 0 radical (unpaired) electrons. The third-order valence-corrected chi connectivity index (χ3v) is 5.12. The minimum Gasteiger partial charge on any atom is -0.460 e. The average molecular weight is 354 g/mol. The second-order valence-corrected chi connectivity index (χ2v) is 6.33. The number of carbonyl (C=O) groups excluding carboxylic acids is 1. The van der Waals surface area contributed by atoms with Crippen LogP contribution in [0.15, 0.2) is 30.3 Å². The maximum atomic E-state index is 12.4. The molecule has 2 bridgehead atoms. The van der Waals surface area contributed by atoms with Crippen molar-refractivity contribution in [1.29, 1.82) is 0 Å². The van der Waals surface area contributed by atoms with Gasteiger partial charge in [-0.05, 0) is 38.3 Å². The minimum atomic E-state index is -0.705. The van der Waals surface area contributed by atoms with Crippen LogP contribution in [0.25, 0.3) is 0 Å². The van der Waals surface area contributed by atoms with Crippen molar-refractivity contribution in [3.8, 4) is 0 Å². The number of esters is 1. The van der Waals surface area contributed by atoms with E-state index >= 15 is 0 Å². The second-order valence-electron chi connectivity index (χ2n) is 5.96. The van der Waals surface area contributed by atoms with E-state index in [-0.39, 0.29) is 12.1 Å². The van der Waals surface area contributed by atoms with Crippen molar-refractivity contribution < 1.29 is 13.4 Å². The Kier molecular flexibility index (Phi) is 4.62. The van der Waals surface area contributed by atoms with Crippen LogP contribution in [0, 0.1) is 0 Å². The van der Waals surface area contributed by atoms with Crippen molar-refractivity contribution in [3.63, 3.8) is 0 Å². The van der Waals surface area contributed by atoms with Crippen molar-refractivity contribution in [2.24, 2.45) is 0 Å². The highest BCUT2D eigenvalue weighted by atomic mass is 79.9. The molecule has 3 atom stereocenters. The molecule has 4 nitrogen and oxygen atoms in total. The number of hydrogen-bond acceptors (Lipinski definition) is 4. The fourth-order valence-corrected chi connectivity index (χ4v) is 3.90. The van der Waals surface area contributed by atoms with E-state index in [1.165, 1.54) is 12.8 Å². The van der Waals surface area contributed by atoms with Gasteiger partial charge in [0.2, 0.25) is 0 Å². The number of halogens is 1. The maximum absolute atomic E-state index is 12.4. The highest BCUT2D eigenvalue weighted by molar-refractivity contribution is 9.06. The summed E-state index contributed by atoms with van der Waals surface area (Å²) in [6.07, 6.45) is 3.60. The third-order valence-electron chi connectivity index (χ3n) is 4.74. The lowest BCUT2D eigenvalue weighted by molar-refractivity contribution is -0.160. The molecule has 2 aliphatic heterocycles. The van der Waals surface area contributed by atoms with Gasteiger partial charge in [0.15, 0.2) is 6.10 Å². The smallest absolute Gasteiger partial charge is 0.341 e. The number of carbonyl (C=O) groups is 1. The molecule has 0 aromatic heterocycles. The molecule has 21 heavy (non-hydrogen) atoms. The summed E-state index contributed by atoms with van der Waals surface area (Å²) in [5.74, 6) is -0.313. The summed E-state index contributed by atoms with van der Waals surface area (Å²) in [7, 11) is 2.18. The number of nitrogens with zero attached hydrogens (tertiary/aromatic N) is 1. The van der Waals surface area contributed by atoms with E-state index < -0.39 is 6.10 Å². The summed E-state index contributed by atoms with van der Waals surface area (Å²) >= 11 is 2.95. The van der Waals surface area contributed by atoms with Gasteiger partial charge in [0, 0.05) is 12.1 Å². The van der Waals surface area contributed by atoms with Crippen LogP contribution in [0.4, 0.5) is 0 Å². The van der Waals surface area contributed by atoms with Gasteiger partial charge in [-0.3, -0.25) is 3.83 Å². The predicted octanol–water partition coefficient (Wildman–Crippen LogP) is 3.22. The average Bonchev–Trinajstić information content (AvgIpc) is 2.72. The maximum Gasteiger partial charge on any atom is 0.341 e. The molecule has 3 unspecified atom stereocenters. The molecule has 0 spiro atoms. The lowest BCUT2D eigenvalue weighted by atomic mass is 10.0. The Labute approximate surface area is 133 Å². The van der Waals surface area contributed by atoms with Gasteiger partial charge in [-0.1, -0.05) is 30.3 Å². The zero-order valence-electron chi connectivity index (χ0n) is 12.1. The number of benzene rings is 1. The Balaban J connectivity index is 1.63. The first-order chi connectivity index (χ1) is 10.2. The Morgan fingerprint density at radius 2 is 1.86 bits per heavy atom. The van der Waals surface area contributed by atoms with Crippen LogP contribution in [-0.2, 0) is 13.4 Å². The molecule has 5 heteroatoms. The lowest BCUT2D eigenvalue weighted by Gasteiger charge is -2.36. The number of fused-ring (bicyclic) bond motifs is 2. The molecule has 0 saturated carbocycles. The van der Waals surface area contributed by atoms with Crippen LogP contribution in [0.2, 0.25) is 0 Å². The minimum absolute atomic E-state index is 0.0139. The number of piperidine rings is 1. The van der Waals surface area contributed by atoms with Gasteiger partial charge in [-0.25, -0.2) is 4.79 Å².